The van der Waals surface area contributed by atoms with Gasteiger partial charge in [-0.1, -0.05) is 13.8 Å². The van der Waals surface area contributed by atoms with Crippen LogP contribution in [-0.2, 0) is 6.54 Å². The predicted molar refractivity (Wildman–Crippen MR) is 67.6 cm³/mol. The highest BCUT2D eigenvalue weighted by molar-refractivity contribution is 5.12. The second kappa shape index (κ2) is 4.42. The highest BCUT2D eigenvalue weighted by atomic mass is 16.3. The molecule has 0 spiro atoms. The summed E-state index contributed by atoms with van der Waals surface area (Å²) in [5.41, 5.74) is 1.19. The summed E-state index contributed by atoms with van der Waals surface area (Å²) >= 11 is 0. The van der Waals surface area contributed by atoms with Crippen molar-refractivity contribution in [3.63, 3.8) is 0 Å². The Morgan fingerprint density at radius 3 is 2.82 bits per heavy atom. The molecule has 1 fully saturated rings. The van der Waals surface area contributed by atoms with Crippen molar-refractivity contribution >= 4 is 0 Å². The molecule has 1 aromatic rings. The summed E-state index contributed by atoms with van der Waals surface area (Å²) in [6, 6.07) is 0.671. The van der Waals surface area contributed by atoms with Gasteiger partial charge < -0.3 is 10.4 Å². The van der Waals surface area contributed by atoms with E-state index in [4.69, 9.17) is 0 Å². The second-order valence-corrected chi connectivity index (χ2v) is 5.64. The van der Waals surface area contributed by atoms with Gasteiger partial charge in [-0.2, -0.15) is 5.10 Å². The minimum absolute atomic E-state index is 0.0188. The lowest BCUT2D eigenvalue weighted by Crippen LogP contribution is -2.60. The molecule has 96 valence electrons. The summed E-state index contributed by atoms with van der Waals surface area (Å²) in [6.07, 6.45) is 4.67. The van der Waals surface area contributed by atoms with Gasteiger partial charge in [0, 0.05) is 35.8 Å². The molecule has 0 radical (unpaired) electrons. The molecule has 1 aliphatic rings. The lowest BCUT2D eigenvalue weighted by molar-refractivity contribution is -0.0754. The van der Waals surface area contributed by atoms with Gasteiger partial charge in [0.2, 0.25) is 0 Å². The van der Waals surface area contributed by atoms with Crippen LogP contribution in [0.1, 0.15) is 45.7 Å². The van der Waals surface area contributed by atoms with Gasteiger partial charge in [-0.15, -0.1) is 0 Å². The smallest absolute Gasteiger partial charge is 0.0621 e. The molecule has 4 heteroatoms. The summed E-state index contributed by atoms with van der Waals surface area (Å²) in [6.45, 7) is 9.36. The third kappa shape index (κ3) is 2.24. The van der Waals surface area contributed by atoms with Crippen molar-refractivity contribution in [1.29, 1.82) is 0 Å². The number of hydrogen-bond acceptors (Lipinski definition) is 3. The maximum absolute atomic E-state index is 9.72. The summed E-state index contributed by atoms with van der Waals surface area (Å²) in [5, 5.41) is 17.6. The highest BCUT2D eigenvalue weighted by Gasteiger charge is 2.47. The van der Waals surface area contributed by atoms with E-state index in [1.807, 2.05) is 10.9 Å². The molecule has 1 aliphatic carbocycles. The highest BCUT2D eigenvalue weighted by Crippen LogP contribution is 2.41. The normalized spacial score (nSPS) is 28.8. The van der Waals surface area contributed by atoms with E-state index in [-0.39, 0.29) is 17.6 Å². The minimum atomic E-state index is -0.175. The first-order valence-electron chi connectivity index (χ1n) is 6.41. The number of aliphatic hydroxyl groups is 1. The zero-order chi connectivity index (χ0) is 12.6. The van der Waals surface area contributed by atoms with Gasteiger partial charge in [0.15, 0.2) is 0 Å². The fourth-order valence-electron chi connectivity index (χ4n) is 2.36. The molecule has 0 aliphatic heterocycles. The molecule has 3 unspecified atom stereocenters. The Kier molecular flexibility index (Phi) is 3.27. The summed E-state index contributed by atoms with van der Waals surface area (Å²) in [5.74, 6) is 0. The van der Waals surface area contributed by atoms with Crippen molar-refractivity contribution in [2.24, 2.45) is 5.41 Å². The Bertz CT molecular complexity index is 386. The molecule has 17 heavy (non-hydrogen) atoms. The quantitative estimate of drug-likeness (QED) is 0.838. The third-order valence-electron chi connectivity index (χ3n) is 4.14. The van der Waals surface area contributed by atoms with Crippen LogP contribution in [0.2, 0.25) is 0 Å². The average Bonchev–Trinajstić information content (AvgIpc) is 2.77. The van der Waals surface area contributed by atoms with Crippen LogP contribution >= 0.6 is 0 Å². The fourth-order valence-corrected chi connectivity index (χ4v) is 2.36. The molecule has 3 atom stereocenters. The lowest BCUT2D eigenvalue weighted by Gasteiger charge is -2.50. The largest absolute Gasteiger partial charge is 0.392 e. The SMILES string of the molecule is CCn1cc(C(C)NC2CC(O)C2(C)C)cn1. The van der Waals surface area contributed by atoms with Crippen LogP contribution in [0.25, 0.3) is 0 Å². The van der Waals surface area contributed by atoms with Gasteiger partial charge >= 0.3 is 0 Å². The van der Waals surface area contributed by atoms with Crippen LogP contribution in [0.15, 0.2) is 12.4 Å². The van der Waals surface area contributed by atoms with Crippen LogP contribution in [0.3, 0.4) is 0 Å². The Labute approximate surface area is 103 Å². The molecule has 2 rings (SSSR count). The maximum atomic E-state index is 9.72. The summed E-state index contributed by atoms with van der Waals surface area (Å²) in [4.78, 5) is 0. The Balaban J connectivity index is 1.96. The van der Waals surface area contributed by atoms with Crippen molar-refractivity contribution in [2.75, 3.05) is 0 Å². The summed E-state index contributed by atoms with van der Waals surface area (Å²) < 4.78 is 1.94. The number of aryl methyl sites for hydroxylation is 1. The Hall–Kier alpha value is -0.870. The van der Waals surface area contributed by atoms with E-state index in [0.717, 1.165) is 13.0 Å². The zero-order valence-electron chi connectivity index (χ0n) is 11.1. The average molecular weight is 237 g/mol. The van der Waals surface area contributed by atoms with Crippen molar-refractivity contribution < 1.29 is 5.11 Å². The van der Waals surface area contributed by atoms with Crippen LogP contribution in [0, 0.1) is 5.41 Å². The Morgan fingerprint density at radius 1 is 1.65 bits per heavy atom. The van der Waals surface area contributed by atoms with Gasteiger partial charge in [0.25, 0.3) is 0 Å². The Morgan fingerprint density at radius 2 is 2.35 bits per heavy atom. The van der Waals surface area contributed by atoms with Crippen LogP contribution < -0.4 is 5.32 Å². The second-order valence-electron chi connectivity index (χ2n) is 5.64. The van der Waals surface area contributed by atoms with E-state index in [9.17, 15) is 5.11 Å². The molecule has 0 saturated heterocycles. The molecule has 0 amide bonds. The number of aliphatic hydroxyl groups excluding tert-OH is 1. The summed E-state index contributed by atoms with van der Waals surface area (Å²) in [7, 11) is 0. The first-order chi connectivity index (χ1) is 7.95. The van der Waals surface area contributed by atoms with Crippen molar-refractivity contribution in [3.8, 4) is 0 Å². The van der Waals surface area contributed by atoms with E-state index < -0.39 is 0 Å². The van der Waals surface area contributed by atoms with Gasteiger partial charge in [-0.3, -0.25) is 4.68 Å². The van der Waals surface area contributed by atoms with Gasteiger partial charge in [-0.05, 0) is 20.3 Å². The number of rotatable bonds is 4. The molecule has 0 bridgehead atoms. The van der Waals surface area contributed by atoms with Crippen LogP contribution in [0.4, 0.5) is 0 Å². The van der Waals surface area contributed by atoms with Gasteiger partial charge in [0.1, 0.15) is 0 Å². The van der Waals surface area contributed by atoms with Crippen LogP contribution in [0.5, 0.6) is 0 Å². The monoisotopic (exact) mass is 237 g/mol. The number of aromatic nitrogens is 2. The van der Waals surface area contributed by atoms with Crippen molar-refractivity contribution in [1.82, 2.24) is 15.1 Å². The maximum Gasteiger partial charge on any atom is 0.0621 e. The predicted octanol–water partition coefficient (Wildman–Crippen LogP) is 1.71. The molecule has 2 N–H and O–H groups in total. The van der Waals surface area contributed by atoms with Gasteiger partial charge in [0.05, 0.1) is 12.3 Å². The molecule has 0 aromatic carbocycles. The number of hydrogen-bond donors (Lipinski definition) is 2. The molecule has 1 saturated carbocycles. The molecule has 1 heterocycles. The van der Waals surface area contributed by atoms with E-state index in [0.29, 0.717) is 6.04 Å². The van der Waals surface area contributed by atoms with E-state index >= 15 is 0 Å². The molecular formula is C13H23N3O. The van der Waals surface area contributed by atoms with Crippen molar-refractivity contribution in [2.45, 2.75) is 58.8 Å². The van der Waals surface area contributed by atoms with Crippen LogP contribution in [-0.4, -0.2) is 27.0 Å². The van der Waals surface area contributed by atoms with E-state index in [1.165, 1.54) is 5.56 Å². The number of nitrogens with zero attached hydrogens (tertiary/aromatic N) is 2. The van der Waals surface area contributed by atoms with E-state index in [1.54, 1.807) is 0 Å². The van der Waals surface area contributed by atoms with Crippen molar-refractivity contribution in [3.05, 3.63) is 18.0 Å². The van der Waals surface area contributed by atoms with Gasteiger partial charge in [-0.25, -0.2) is 0 Å². The lowest BCUT2D eigenvalue weighted by atomic mass is 9.64. The number of nitrogens with one attached hydrogen (secondary N) is 1. The topological polar surface area (TPSA) is 50.1 Å². The molecular weight excluding hydrogens is 214 g/mol. The van der Waals surface area contributed by atoms with E-state index in [2.05, 4.69) is 44.3 Å². The standard InChI is InChI=1S/C13H23N3O/c1-5-16-8-10(7-14-16)9(2)15-11-6-12(17)13(11,3)4/h7-9,11-12,15,17H,5-6H2,1-4H3. The molecule has 4 nitrogen and oxygen atoms in total. The zero-order valence-corrected chi connectivity index (χ0v) is 11.1. The third-order valence-corrected chi connectivity index (χ3v) is 4.14. The minimum Gasteiger partial charge on any atom is -0.392 e. The fraction of sp³-hybridized carbons (Fsp3) is 0.769. The first kappa shape index (κ1) is 12.6. The molecule has 1 aromatic heterocycles. The first-order valence-corrected chi connectivity index (χ1v) is 6.41.